The number of carboxylic acid groups (broad SMARTS) is 1. The highest BCUT2D eigenvalue weighted by atomic mass is 32.1. The van der Waals surface area contributed by atoms with Crippen molar-refractivity contribution in [2.75, 3.05) is 26.9 Å². The van der Waals surface area contributed by atoms with E-state index >= 15 is 0 Å². The van der Waals surface area contributed by atoms with Gasteiger partial charge in [-0.3, -0.25) is 9.36 Å². The maximum Gasteiger partial charge on any atom is 0.333 e. The number of aliphatic carboxylic acids is 1. The molecule has 1 aliphatic rings. The van der Waals surface area contributed by atoms with Gasteiger partial charge in [-0.1, -0.05) is 18.2 Å². The molecule has 1 N–H and O–H groups in total. The zero-order valence-corrected chi connectivity index (χ0v) is 22.8. The maximum absolute atomic E-state index is 14.0. The van der Waals surface area contributed by atoms with Gasteiger partial charge in [0.05, 0.1) is 49.9 Å². The molecule has 0 radical (unpaired) electrons. The van der Waals surface area contributed by atoms with Crippen molar-refractivity contribution in [2.24, 2.45) is 5.92 Å². The molecule has 0 amide bonds. The lowest BCUT2D eigenvalue weighted by molar-refractivity contribution is -0.146. The first kappa shape index (κ1) is 26.9. The number of hydrogen-bond donors (Lipinski definition) is 1. The molecule has 39 heavy (non-hydrogen) atoms. The van der Waals surface area contributed by atoms with Gasteiger partial charge in [-0.15, -0.1) is 11.3 Å². The predicted molar refractivity (Wildman–Crippen MR) is 144 cm³/mol. The largest absolute Gasteiger partial charge is 0.496 e. The molecule has 206 valence electrons. The molecule has 1 aromatic carbocycles. The quantitative estimate of drug-likeness (QED) is 0.312. The Hall–Kier alpha value is -3.74. The first-order valence-electron chi connectivity index (χ1n) is 12.4. The molecule has 0 spiro atoms. The fourth-order valence-corrected chi connectivity index (χ4v) is 5.85. The fourth-order valence-electron chi connectivity index (χ4n) is 4.61. The van der Waals surface area contributed by atoms with Gasteiger partial charge in [0, 0.05) is 11.5 Å². The van der Waals surface area contributed by atoms with Gasteiger partial charge in [0.15, 0.2) is 0 Å². The van der Waals surface area contributed by atoms with E-state index in [1.165, 1.54) is 42.2 Å². The zero-order valence-electron chi connectivity index (χ0n) is 22.0. The zero-order chi connectivity index (χ0) is 27.9. The minimum atomic E-state index is -1.81. The molecular formula is C27H29N3O8S. The SMILES string of the molecule is COc1ccccc1[C@H](Cn1c(=O)n(C(C)(C)C(=O)O)c(=O)c2c(C)c(-c3ncco3)sc21)OCC1COC1. The minimum absolute atomic E-state index is 0.00421. The second-order valence-electron chi connectivity index (χ2n) is 9.94. The predicted octanol–water partition coefficient (Wildman–Crippen LogP) is 3.42. The van der Waals surface area contributed by atoms with Crippen LogP contribution in [-0.4, -0.2) is 52.1 Å². The Kier molecular flexibility index (Phi) is 7.19. The lowest BCUT2D eigenvalue weighted by Gasteiger charge is -2.29. The van der Waals surface area contributed by atoms with Crippen molar-refractivity contribution in [3.8, 4) is 16.5 Å². The Labute approximate surface area is 227 Å². The van der Waals surface area contributed by atoms with E-state index in [2.05, 4.69) is 4.98 Å². The smallest absolute Gasteiger partial charge is 0.333 e. The first-order valence-corrected chi connectivity index (χ1v) is 13.2. The van der Waals surface area contributed by atoms with E-state index in [-0.39, 0.29) is 17.8 Å². The van der Waals surface area contributed by atoms with Crippen LogP contribution in [-0.2, 0) is 26.4 Å². The summed E-state index contributed by atoms with van der Waals surface area (Å²) in [5, 5.41) is 10.2. The number of carboxylic acids is 1. The lowest BCUT2D eigenvalue weighted by Crippen LogP contribution is -2.52. The summed E-state index contributed by atoms with van der Waals surface area (Å²) < 4.78 is 24.9. The van der Waals surface area contributed by atoms with Gasteiger partial charge in [0.2, 0.25) is 5.89 Å². The monoisotopic (exact) mass is 555 g/mol. The summed E-state index contributed by atoms with van der Waals surface area (Å²) in [5.41, 5.74) is -1.99. The van der Waals surface area contributed by atoms with Crippen molar-refractivity contribution in [3.05, 3.63) is 68.7 Å². The van der Waals surface area contributed by atoms with E-state index in [9.17, 15) is 19.5 Å². The molecule has 3 aromatic heterocycles. The second-order valence-corrected chi connectivity index (χ2v) is 10.9. The van der Waals surface area contributed by atoms with Crippen molar-refractivity contribution in [2.45, 2.75) is 39.0 Å². The van der Waals surface area contributed by atoms with Crippen molar-refractivity contribution in [3.63, 3.8) is 0 Å². The number of aromatic nitrogens is 3. The van der Waals surface area contributed by atoms with Gasteiger partial charge < -0.3 is 23.7 Å². The number of oxazole rings is 1. The number of carbonyl (C=O) groups is 1. The van der Waals surface area contributed by atoms with Crippen LogP contribution < -0.4 is 16.0 Å². The highest BCUT2D eigenvalue weighted by molar-refractivity contribution is 7.22. The van der Waals surface area contributed by atoms with Gasteiger partial charge in [0.25, 0.3) is 5.56 Å². The summed E-state index contributed by atoms with van der Waals surface area (Å²) in [5.74, 6) is -0.201. The molecule has 5 rings (SSSR count). The van der Waals surface area contributed by atoms with Gasteiger partial charge in [-0.25, -0.2) is 19.1 Å². The number of methoxy groups -OCH3 is 1. The summed E-state index contributed by atoms with van der Waals surface area (Å²) in [6.07, 6.45) is 2.27. The number of nitrogens with zero attached hydrogens (tertiary/aromatic N) is 3. The average molecular weight is 556 g/mol. The van der Waals surface area contributed by atoms with E-state index in [0.717, 1.165) is 10.1 Å². The number of para-hydroxylation sites is 1. The molecule has 11 nitrogen and oxygen atoms in total. The topological polar surface area (TPSA) is 135 Å². The molecular weight excluding hydrogens is 526 g/mol. The summed E-state index contributed by atoms with van der Waals surface area (Å²) in [7, 11) is 1.56. The Bertz CT molecular complexity index is 1630. The molecule has 1 fully saturated rings. The van der Waals surface area contributed by atoms with Crippen LogP contribution in [0.3, 0.4) is 0 Å². The Morgan fingerprint density at radius 1 is 1.28 bits per heavy atom. The molecule has 0 aliphatic carbocycles. The molecule has 1 saturated heterocycles. The molecule has 0 bridgehead atoms. The maximum atomic E-state index is 14.0. The normalized spacial score (nSPS) is 14.9. The van der Waals surface area contributed by atoms with Crippen LogP contribution in [0.25, 0.3) is 21.0 Å². The summed E-state index contributed by atoms with van der Waals surface area (Å²) in [6.45, 7) is 5.97. The second kappa shape index (κ2) is 10.4. The third-order valence-electron chi connectivity index (χ3n) is 7.00. The van der Waals surface area contributed by atoms with E-state index in [4.69, 9.17) is 18.6 Å². The number of benzene rings is 1. The molecule has 4 aromatic rings. The van der Waals surface area contributed by atoms with Gasteiger partial charge >= 0.3 is 11.7 Å². The van der Waals surface area contributed by atoms with Crippen LogP contribution in [0.5, 0.6) is 5.75 Å². The highest BCUT2D eigenvalue weighted by Crippen LogP contribution is 2.37. The van der Waals surface area contributed by atoms with Gasteiger partial charge in [-0.2, -0.15) is 0 Å². The van der Waals surface area contributed by atoms with Crippen LogP contribution in [0.15, 0.2) is 50.7 Å². The third kappa shape index (κ3) is 4.68. The molecule has 0 unspecified atom stereocenters. The average Bonchev–Trinajstić information content (AvgIpc) is 3.52. The molecule has 12 heteroatoms. The van der Waals surface area contributed by atoms with Crippen LogP contribution in [0.4, 0.5) is 0 Å². The summed E-state index contributed by atoms with van der Waals surface area (Å²) in [6, 6.07) is 7.35. The van der Waals surface area contributed by atoms with E-state index in [1.54, 1.807) is 20.1 Å². The third-order valence-corrected chi connectivity index (χ3v) is 8.30. The number of ether oxygens (including phenoxy) is 3. The summed E-state index contributed by atoms with van der Waals surface area (Å²) in [4.78, 5) is 45.1. The number of rotatable bonds is 10. The van der Waals surface area contributed by atoms with Crippen molar-refractivity contribution < 1.29 is 28.5 Å². The number of aryl methyl sites for hydroxylation is 1. The van der Waals surface area contributed by atoms with E-state index < -0.39 is 28.9 Å². The van der Waals surface area contributed by atoms with Crippen molar-refractivity contribution in [1.29, 1.82) is 0 Å². The van der Waals surface area contributed by atoms with Crippen LogP contribution in [0, 0.1) is 12.8 Å². The first-order chi connectivity index (χ1) is 18.6. The van der Waals surface area contributed by atoms with Crippen LogP contribution in [0.2, 0.25) is 0 Å². The lowest BCUT2D eigenvalue weighted by atomic mass is 10.0. The Morgan fingerprint density at radius 3 is 2.64 bits per heavy atom. The standard InChI is InChI=1S/C27H29N3O8S/c1-15-20-23(31)30(27(2,3)25(32)33)26(34)29(24(20)39-21(15)22-28-9-10-37-22)11-19(38-14-16-12-36-13-16)17-7-5-6-8-18(17)35-4/h5-10,16,19H,11-14H2,1-4H3,(H,32,33)/t19-/m0/s1. The van der Waals surface area contributed by atoms with E-state index in [0.29, 0.717) is 46.7 Å². The number of hydrogen-bond acceptors (Lipinski definition) is 9. The summed E-state index contributed by atoms with van der Waals surface area (Å²) >= 11 is 1.19. The number of fused-ring (bicyclic) bond motifs is 1. The van der Waals surface area contributed by atoms with Crippen molar-refractivity contribution >= 4 is 27.5 Å². The van der Waals surface area contributed by atoms with Crippen LogP contribution >= 0.6 is 11.3 Å². The van der Waals surface area contributed by atoms with Crippen molar-refractivity contribution in [1.82, 2.24) is 14.1 Å². The fraction of sp³-hybridized carbons (Fsp3) is 0.407. The minimum Gasteiger partial charge on any atom is -0.496 e. The molecule has 0 saturated carbocycles. The molecule has 4 heterocycles. The molecule has 1 atom stereocenters. The van der Waals surface area contributed by atoms with Gasteiger partial charge in [-0.05, 0) is 32.4 Å². The van der Waals surface area contributed by atoms with Gasteiger partial charge in [0.1, 0.15) is 28.5 Å². The van der Waals surface area contributed by atoms with E-state index in [1.807, 2.05) is 18.2 Å². The Morgan fingerprint density at radius 2 is 2.03 bits per heavy atom. The Balaban J connectivity index is 1.74. The van der Waals surface area contributed by atoms with Crippen LogP contribution in [0.1, 0.15) is 31.1 Å². The molecule has 1 aliphatic heterocycles. The number of thiophene rings is 1. The highest BCUT2D eigenvalue weighted by Gasteiger charge is 2.36.